The van der Waals surface area contributed by atoms with Gasteiger partial charge in [-0.1, -0.05) is 77.3 Å². The van der Waals surface area contributed by atoms with Gasteiger partial charge >= 0.3 is 0 Å². The molecule has 0 fully saturated rings. The Morgan fingerprint density at radius 1 is 1.08 bits per heavy atom. The Balaban J connectivity index is 1.84. The number of hydrazone groups is 1. The number of nitrogens with zero attached hydrogens (tertiary/aromatic N) is 2. The molecular formula is C17H11Cl3N4O. The van der Waals surface area contributed by atoms with Crippen molar-refractivity contribution in [1.29, 1.82) is 0 Å². The van der Waals surface area contributed by atoms with Crippen molar-refractivity contribution in [3.63, 3.8) is 0 Å². The first-order valence-electron chi connectivity index (χ1n) is 7.10. The van der Waals surface area contributed by atoms with E-state index in [2.05, 4.69) is 15.5 Å². The molecule has 3 aromatic rings. The fraction of sp³-hybridized carbons (Fsp3) is 0. The van der Waals surface area contributed by atoms with Crippen molar-refractivity contribution in [3.05, 3.63) is 68.9 Å². The number of anilines is 1. The minimum absolute atomic E-state index is 0.00229. The maximum absolute atomic E-state index is 12.2. The summed E-state index contributed by atoms with van der Waals surface area (Å²) in [7, 11) is 0. The quantitative estimate of drug-likeness (QED) is 0.389. The zero-order valence-corrected chi connectivity index (χ0v) is 14.9. The second kappa shape index (κ2) is 7.27. The number of aromatic nitrogens is 1. The number of halogens is 3. The lowest BCUT2D eigenvalue weighted by molar-refractivity contribution is 0.0950. The van der Waals surface area contributed by atoms with Gasteiger partial charge in [-0.15, -0.1) is 0 Å². The number of pyridine rings is 1. The molecule has 1 aromatic heterocycles. The summed E-state index contributed by atoms with van der Waals surface area (Å²) in [6.07, 6.45) is 1.54. The Morgan fingerprint density at radius 3 is 2.60 bits per heavy atom. The van der Waals surface area contributed by atoms with Gasteiger partial charge in [0.2, 0.25) is 0 Å². The lowest BCUT2D eigenvalue weighted by Crippen LogP contribution is -2.20. The zero-order valence-electron chi connectivity index (χ0n) is 12.6. The van der Waals surface area contributed by atoms with Crippen LogP contribution in [0.2, 0.25) is 15.2 Å². The molecule has 5 nitrogen and oxygen atoms in total. The van der Waals surface area contributed by atoms with Gasteiger partial charge in [-0.3, -0.25) is 4.79 Å². The third-order valence-corrected chi connectivity index (χ3v) is 4.62. The molecule has 0 aliphatic rings. The number of amides is 1. The molecule has 25 heavy (non-hydrogen) atoms. The van der Waals surface area contributed by atoms with Crippen LogP contribution in [0.25, 0.3) is 10.8 Å². The number of hydrogen-bond acceptors (Lipinski definition) is 4. The molecule has 2 aromatic carbocycles. The first-order chi connectivity index (χ1) is 12.0. The highest BCUT2D eigenvalue weighted by molar-refractivity contribution is 6.46. The molecule has 3 N–H and O–H groups in total. The summed E-state index contributed by atoms with van der Waals surface area (Å²) < 4.78 is 0. The number of benzene rings is 2. The number of carbonyl (C=O) groups is 1. The van der Waals surface area contributed by atoms with Crippen molar-refractivity contribution in [2.75, 3.05) is 5.73 Å². The zero-order chi connectivity index (χ0) is 18.0. The van der Waals surface area contributed by atoms with Crippen LogP contribution in [0, 0.1) is 0 Å². The molecule has 1 amide bonds. The first-order valence-corrected chi connectivity index (χ1v) is 8.23. The Labute approximate surface area is 158 Å². The van der Waals surface area contributed by atoms with Crippen molar-refractivity contribution in [2.45, 2.75) is 0 Å². The Morgan fingerprint density at radius 2 is 1.80 bits per heavy atom. The molecular weight excluding hydrogens is 383 g/mol. The largest absolute Gasteiger partial charge is 0.396 e. The number of nitrogen functional groups attached to an aromatic ring is 1. The van der Waals surface area contributed by atoms with Crippen molar-refractivity contribution in [3.8, 4) is 0 Å². The summed E-state index contributed by atoms with van der Waals surface area (Å²) >= 11 is 17.7. The van der Waals surface area contributed by atoms with E-state index in [0.717, 1.165) is 16.3 Å². The predicted molar refractivity (Wildman–Crippen MR) is 103 cm³/mol. The van der Waals surface area contributed by atoms with Gasteiger partial charge in [-0.05, 0) is 10.8 Å². The lowest BCUT2D eigenvalue weighted by atomic mass is 10.1. The number of carbonyl (C=O) groups excluding carboxylic acids is 1. The molecule has 0 spiro atoms. The fourth-order valence-electron chi connectivity index (χ4n) is 2.26. The third kappa shape index (κ3) is 3.54. The van der Waals surface area contributed by atoms with Gasteiger partial charge in [0.15, 0.2) is 10.8 Å². The third-order valence-electron chi connectivity index (χ3n) is 3.48. The van der Waals surface area contributed by atoms with Crippen molar-refractivity contribution >= 4 is 63.4 Å². The van der Waals surface area contributed by atoms with Gasteiger partial charge in [-0.2, -0.15) is 5.10 Å². The van der Waals surface area contributed by atoms with Gasteiger partial charge in [0.25, 0.3) is 5.91 Å². The lowest BCUT2D eigenvalue weighted by Gasteiger charge is -2.07. The molecule has 8 heteroatoms. The SMILES string of the molecule is Nc1c(Cl)c(Cl)nc(C(=O)N/N=C\c2cccc3ccccc23)c1Cl. The molecule has 0 saturated carbocycles. The summed E-state index contributed by atoms with van der Waals surface area (Å²) in [4.78, 5) is 16.1. The van der Waals surface area contributed by atoms with Gasteiger partial charge in [0, 0.05) is 5.56 Å². The van der Waals surface area contributed by atoms with E-state index in [1.807, 2.05) is 42.5 Å². The topological polar surface area (TPSA) is 80.4 Å². The smallest absolute Gasteiger partial charge is 0.291 e. The fourth-order valence-corrected chi connectivity index (χ4v) is 2.85. The van der Waals surface area contributed by atoms with E-state index in [-0.39, 0.29) is 26.6 Å². The maximum atomic E-state index is 12.2. The van der Waals surface area contributed by atoms with Crippen LogP contribution in [-0.4, -0.2) is 17.1 Å². The Hall–Kier alpha value is -2.34. The number of nitrogens with two attached hydrogens (primary N) is 1. The van der Waals surface area contributed by atoms with Gasteiger partial charge in [0.05, 0.1) is 16.9 Å². The highest BCUT2D eigenvalue weighted by Crippen LogP contribution is 2.34. The minimum Gasteiger partial charge on any atom is -0.396 e. The summed E-state index contributed by atoms with van der Waals surface area (Å²) in [5.41, 5.74) is 8.75. The van der Waals surface area contributed by atoms with Crippen LogP contribution in [0.15, 0.2) is 47.6 Å². The molecule has 0 saturated heterocycles. The molecule has 0 atom stereocenters. The molecule has 0 radical (unpaired) electrons. The van der Waals surface area contributed by atoms with Gasteiger partial charge in [-0.25, -0.2) is 10.4 Å². The van der Waals surface area contributed by atoms with E-state index in [0.29, 0.717) is 0 Å². The standard InChI is InChI=1S/C17H11Cl3N4O/c18-12-14(21)13(19)16(20)23-15(12)17(25)24-22-8-10-6-3-5-9-4-1-2-7-11(9)10/h1-8H,(H2,21,23)(H,24,25)/b22-8-. The summed E-state index contributed by atoms with van der Waals surface area (Å²) in [5.74, 6) is -0.647. The van der Waals surface area contributed by atoms with Gasteiger partial charge < -0.3 is 5.73 Å². The molecule has 0 aliphatic heterocycles. The normalized spacial score (nSPS) is 11.2. The molecule has 0 unspecified atom stereocenters. The van der Waals surface area contributed by atoms with Crippen molar-refractivity contribution in [2.24, 2.45) is 5.10 Å². The number of fused-ring (bicyclic) bond motifs is 1. The Bertz CT molecular complexity index is 999. The van der Waals surface area contributed by atoms with E-state index < -0.39 is 5.91 Å². The van der Waals surface area contributed by atoms with Gasteiger partial charge in [0.1, 0.15) is 5.02 Å². The average molecular weight is 394 g/mol. The minimum atomic E-state index is -0.647. The first kappa shape index (κ1) is 17.5. The molecule has 3 rings (SSSR count). The maximum Gasteiger partial charge on any atom is 0.291 e. The number of rotatable bonds is 3. The second-order valence-electron chi connectivity index (χ2n) is 5.06. The highest BCUT2D eigenvalue weighted by atomic mass is 35.5. The molecule has 126 valence electrons. The van der Waals surface area contributed by atoms with E-state index >= 15 is 0 Å². The summed E-state index contributed by atoms with van der Waals surface area (Å²) in [6.45, 7) is 0. The molecule has 0 aliphatic carbocycles. The summed E-state index contributed by atoms with van der Waals surface area (Å²) in [6, 6.07) is 13.6. The van der Waals surface area contributed by atoms with E-state index in [9.17, 15) is 4.79 Å². The average Bonchev–Trinajstić information content (AvgIpc) is 2.63. The van der Waals surface area contributed by atoms with E-state index in [4.69, 9.17) is 40.5 Å². The monoisotopic (exact) mass is 392 g/mol. The summed E-state index contributed by atoms with van der Waals surface area (Å²) in [5, 5.41) is 5.85. The van der Waals surface area contributed by atoms with Crippen LogP contribution in [0.4, 0.5) is 5.69 Å². The predicted octanol–water partition coefficient (Wildman–Crippen LogP) is 4.54. The number of nitrogens with one attached hydrogen (secondary N) is 1. The van der Waals surface area contributed by atoms with Crippen molar-refractivity contribution < 1.29 is 4.79 Å². The van der Waals surface area contributed by atoms with Crippen LogP contribution in [0.3, 0.4) is 0 Å². The van der Waals surface area contributed by atoms with Crippen LogP contribution in [0.1, 0.15) is 16.1 Å². The van der Waals surface area contributed by atoms with Crippen LogP contribution < -0.4 is 11.2 Å². The van der Waals surface area contributed by atoms with Crippen molar-refractivity contribution in [1.82, 2.24) is 10.4 Å². The van der Waals surface area contributed by atoms with Crippen LogP contribution in [0.5, 0.6) is 0 Å². The van der Waals surface area contributed by atoms with E-state index in [1.165, 1.54) is 6.21 Å². The molecule has 1 heterocycles. The molecule has 0 bridgehead atoms. The Kier molecular flexibility index (Phi) is 5.08. The van der Waals surface area contributed by atoms with Crippen LogP contribution in [-0.2, 0) is 0 Å². The van der Waals surface area contributed by atoms with Crippen LogP contribution >= 0.6 is 34.8 Å². The van der Waals surface area contributed by atoms with E-state index in [1.54, 1.807) is 0 Å². The highest BCUT2D eigenvalue weighted by Gasteiger charge is 2.19. The second-order valence-corrected chi connectivity index (χ2v) is 6.17. The number of hydrogen-bond donors (Lipinski definition) is 2.